The minimum absolute atomic E-state index is 0.240. The zero-order valence-electron chi connectivity index (χ0n) is 11.0. The summed E-state index contributed by atoms with van der Waals surface area (Å²) in [7, 11) is 0. The second-order valence-electron chi connectivity index (χ2n) is 5.48. The standard InChI is InChI=1S/C13H23N3O2/c1-13(18,10-17)9-14-8-11-6-7-16(15-11)12-4-2-3-5-12/h6-7,12,14,17-18H,2-5,8-10H2,1H3. The first-order valence-electron chi connectivity index (χ1n) is 6.69. The molecule has 1 aliphatic carbocycles. The lowest BCUT2D eigenvalue weighted by atomic mass is 10.1. The summed E-state index contributed by atoms with van der Waals surface area (Å²) in [4.78, 5) is 0. The van der Waals surface area contributed by atoms with E-state index in [0.717, 1.165) is 5.69 Å². The van der Waals surface area contributed by atoms with Gasteiger partial charge in [-0.25, -0.2) is 0 Å². The van der Waals surface area contributed by atoms with Crippen LogP contribution in [0.5, 0.6) is 0 Å². The van der Waals surface area contributed by atoms with Crippen LogP contribution >= 0.6 is 0 Å². The first kappa shape index (κ1) is 13.5. The molecule has 5 nitrogen and oxygen atoms in total. The maximum absolute atomic E-state index is 9.64. The van der Waals surface area contributed by atoms with E-state index in [4.69, 9.17) is 5.11 Å². The van der Waals surface area contributed by atoms with Gasteiger partial charge in [0.25, 0.3) is 0 Å². The monoisotopic (exact) mass is 253 g/mol. The molecule has 18 heavy (non-hydrogen) atoms. The van der Waals surface area contributed by atoms with Gasteiger partial charge in [-0.2, -0.15) is 5.10 Å². The van der Waals surface area contributed by atoms with Crippen LogP contribution in [0.4, 0.5) is 0 Å². The van der Waals surface area contributed by atoms with E-state index in [1.54, 1.807) is 6.92 Å². The van der Waals surface area contributed by atoms with Crippen molar-refractivity contribution in [1.29, 1.82) is 0 Å². The number of nitrogens with one attached hydrogen (secondary N) is 1. The maximum Gasteiger partial charge on any atom is 0.0972 e. The highest BCUT2D eigenvalue weighted by molar-refractivity contribution is 5.00. The van der Waals surface area contributed by atoms with Crippen molar-refractivity contribution in [2.24, 2.45) is 0 Å². The van der Waals surface area contributed by atoms with E-state index < -0.39 is 5.60 Å². The summed E-state index contributed by atoms with van der Waals surface area (Å²) in [5.74, 6) is 0. The second-order valence-corrected chi connectivity index (χ2v) is 5.48. The Morgan fingerprint density at radius 2 is 2.22 bits per heavy atom. The molecule has 1 heterocycles. The Morgan fingerprint density at radius 3 is 2.89 bits per heavy atom. The molecule has 0 amide bonds. The Bertz CT molecular complexity index is 370. The van der Waals surface area contributed by atoms with Crippen LogP contribution in [0.15, 0.2) is 12.3 Å². The van der Waals surface area contributed by atoms with Crippen molar-refractivity contribution < 1.29 is 10.2 Å². The molecule has 0 aliphatic heterocycles. The normalized spacial score (nSPS) is 20.2. The van der Waals surface area contributed by atoms with E-state index in [0.29, 0.717) is 19.1 Å². The van der Waals surface area contributed by atoms with E-state index in [1.807, 2.05) is 12.3 Å². The Hall–Kier alpha value is -0.910. The van der Waals surface area contributed by atoms with E-state index in [1.165, 1.54) is 25.7 Å². The predicted molar refractivity (Wildman–Crippen MR) is 69.1 cm³/mol. The van der Waals surface area contributed by atoms with E-state index >= 15 is 0 Å². The number of hydrogen-bond donors (Lipinski definition) is 3. The molecule has 3 N–H and O–H groups in total. The van der Waals surface area contributed by atoms with Gasteiger partial charge in [0.1, 0.15) is 0 Å². The number of rotatable bonds is 6. The van der Waals surface area contributed by atoms with Crippen LogP contribution in [0.25, 0.3) is 0 Å². The van der Waals surface area contributed by atoms with Gasteiger partial charge in [0.05, 0.1) is 23.9 Å². The Morgan fingerprint density at radius 1 is 1.50 bits per heavy atom. The lowest BCUT2D eigenvalue weighted by Crippen LogP contribution is -2.40. The van der Waals surface area contributed by atoms with Gasteiger partial charge in [-0.3, -0.25) is 4.68 Å². The highest BCUT2D eigenvalue weighted by Gasteiger charge is 2.19. The molecule has 1 aromatic heterocycles. The molecule has 0 radical (unpaired) electrons. The van der Waals surface area contributed by atoms with Crippen LogP contribution in [0.1, 0.15) is 44.3 Å². The topological polar surface area (TPSA) is 70.3 Å². The van der Waals surface area contributed by atoms with Crippen molar-refractivity contribution in [3.05, 3.63) is 18.0 Å². The number of hydrogen-bond acceptors (Lipinski definition) is 4. The maximum atomic E-state index is 9.64. The number of aliphatic hydroxyl groups is 2. The Kier molecular flexibility index (Phi) is 4.37. The molecular formula is C13H23N3O2. The van der Waals surface area contributed by atoms with Crippen molar-refractivity contribution in [3.63, 3.8) is 0 Å². The first-order chi connectivity index (χ1) is 8.61. The average molecular weight is 253 g/mol. The van der Waals surface area contributed by atoms with Crippen molar-refractivity contribution in [3.8, 4) is 0 Å². The third-order valence-corrected chi connectivity index (χ3v) is 3.51. The smallest absolute Gasteiger partial charge is 0.0972 e. The molecule has 1 aliphatic rings. The largest absolute Gasteiger partial charge is 0.393 e. The molecule has 0 bridgehead atoms. The first-order valence-corrected chi connectivity index (χ1v) is 6.69. The summed E-state index contributed by atoms with van der Waals surface area (Å²) in [6.07, 6.45) is 7.10. The molecule has 2 rings (SSSR count). The summed E-state index contributed by atoms with van der Waals surface area (Å²) in [5, 5.41) is 26.2. The van der Waals surface area contributed by atoms with Gasteiger partial charge >= 0.3 is 0 Å². The van der Waals surface area contributed by atoms with Crippen LogP contribution in [0, 0.1) is 0 Å². The Labute approximate surface area is 108 Å². The molecule has 5 heteroatoms. The van der Waals surface area contributed by atoms with Gasteiger partial charge in [0.15, 0.2) is 0 Å². The fourth-order valence-electron chi connectivity index (χ4n) is 2.36. The van der Waals surface area contributed by atoms with E-state index in [-0.39, 0.29) is 6.61 Å². The van der Waals surface area contributed by atoms with Crippen molar-refractivity contribution in [2.75, 3.05) is 13.2 Å². The van der Waals surface area contributed by atoms with Gasteiger partial charge in [0, 0.05) is 19.3 Å². The van der Waals surface area contributed by atoms with Crippen LogP contribution < -0.4 is 5.32 Å². The van der Waals surface area contributed by atoms with Gasteiger partial charge in [-0.15, -0.1) is 0 Å². The van der Waals surface area contributed by atoms with Crippen LogP contribution in [0.3, 0.4) is 0 Å². The Balaban J connectivity index is 1.80. The highest BCUT2D eigenvalue weighted by Crippen LogP contribution is 2.28. The molecule has 102 valence electrons. The summed E-state index contributed by atoms with van der Waals surface area (Å²) in [6.45, 7) is 2.35. The number of nitrogens with zero attached hydrogens (tertiary/aromatic N) is 2. The number of aliphatic hydroxyl groups excluding tert-OH is 1. The molecule has 1 unspecified atom stereocenters. The SMILES string of the molecule is CC(O)(CO)CNCc1ccn(C2CCCC2)n1. The average Bonchev–Trinajstić information content (AvgIpc) is 2.98. The molecule has 1 saturated carbocycles. The number of aromatic nitrogens is 2. The van der Waals surface area contributed by atoms with Crippen LogP contribution in [-0.2, 0) is 6.54 Å². The third-order valence-electron chi connectivity index (χ3n) is 3.51. The van der Waals surface area contributed by atoms with Gasteiger partial charge < -0.3 is 15.5 Å². The van der Waals surface area contributed by atoms with Crippen LogP contribution in [0.2, 0.25) is 0 Å². The summed E-state index contributed by atoms with van der Waals surface area (Å²) < 4.78 is 2.06. The molecule has 0 spiro atoms. The molecule has 1 atom stereocenters. The minimum Gasteiger partial charge on any atom is -0.393 e. The van der Waals surface area contributed by atoms with E-state index in [2.05, 4.69) is 15.1 Å². The highest BCUT2D eigenvalue weighted by atomic mass is 16.3. The summed E-state index contributed by atoms with van der Waals surface area (Å²) in [5.41, 5.74) is -0.0794. The molecular weight excluding hydrogens is 230 g/mol. The third kappa shape index (κ3) is 3.54. The lowest BCUT2D eigenvalue weighted by molar-refractivity contribution is 0.00248. The van der Waals surface area contributed by atoms with Crippen molar-refractivity contribution in [1.82, 2.24) is 15.1 Å². The second kappa shape index (κ2) is 5.82. The molecule has 0 saturated heterocycles. The zero-order chi connectivity index (χ0) is 13.0. The fourth-order valence-corrected chi connectivity index (χ4v) is 2.36. The lowest BCUT2D eigenvalue weighted by Gasteiger charge is -2.20. The summed E-state index contributed by atoms with van der Waals surface area (Å²) >= 11 is 0. The van der Waals surface area contributed by atoms with Crippen molar-refractivity contribution in [2.45, 2.75) is 50.8 Å². The van der Waals surface area contributed by atoms with Gasteiger partial charge in [-0.1, -0.05) is 12.8 Å². The van der Waals surface area contributed by atoms with Crippen LogP contribution in [-0.4, -0.2) is 38.7 Å². The fraction of sp³-hybridized carbons (Fsp3) is 0.769. The molecule has 1 aromatic rings. The zero-order valence-corrected chi connectivity index (χ0v) is 11.0. The quantitative estimate of drug-likeness (QED) is 0.702. The molecule has 0 aromatic carbocycles. The minimum atomic E-state index is -1.06. The van der Waals surface area contributed by atoms with Gasteiger partial charge in [-0.05, 0) is 25.8 Å². The van der Waals surface area contributed by atoms with Crippen molar-refractivity contribution >= 4 is 0 Å². The summed E-state index contributed by atoms with van der Waals surface area (Å²) in [6, 6.07) is 2.58. The predicted octanol–water partition coefficient (Wildman–Crippen LogP) is 0.831. The molecule has 1 fully saturated rings. The van der Waals surface area contributed by atoms with E-state index in [9.17, 15) is 5.11 Å². The van der Waals surface area contributed by atoms with Gasteiger partial charge in [0.2, 0.25) is 0 Å².